The summed E-state index contributed by atoms with van der Waals surface area (Å²) in [7, 11) is 0. The van der Waals surface area contributed by atoms with Crippen LogP contribution in [0.1, 0.15) is 20.3 Å². The highest BCUT2D eigenvalue weighted by molar-refractivity contribution is 7.99. The van der Waals surface area contributed by atoms with Gasteiger partial charge in [0.05, 0.1) is 0 Å². The molecular formula is C8H18N2OS. The number of rotatable bonds is 7. The van der Waals surface area contributed by atoms with Crippen molar-refractivity contribution in [2.75, 3.05) is 18.1 Å². The third-order valence-electron chi connectivity index (χ3n) is 1.44. The number of hydrogen-bond donors (Lipinski definition) is 2. The molecule has 4 heteroatoms. The van der Waals surface area contributed by atoms with Crippen LogP contribution in [0.15, 0.2) is 0 Å². The van der Waals surface area contributed by atoms with Gasteiger partial charge in [-0.1, -0.05) is 6.92 Å². The predicted molar refractivity (Wildman–Crippen MR) is 54.3 cm³/mol. The molecule has 0 rings (SSSR count). The minimum absolute atomic E-state index is 0.238. The van der Waals surface area contributed by atoms with Crippen LogP contribution in [0.2, 0.25) is 0 Å². The van der Waals surface area contributed by atoms with Crippen LogP contribution >= 0.6 is 11.8 Å². The lowest BCUT2D eigenvalue weighted by Gasteiger charge is -2.11. The molecule has 0 saturated carbocycles. The van der Waals surface area contributed by atoms with Crippen molar-refractivity contribution < 1.29 is 4.79 Å². The monoisotopic (exact) mass is 190 g/mol. The summed E-state index contributed by atoms with van der Waals surface area (Å²) in [5.41, 5.74) is 4.99. The number of hydrogen-bond acceptors (Lipinski definition) is 3. The molecule has 72 valence electrons. The zero-order valence-corrected chi connectivity index (χ0v) is 8.62. The highest BCUT2D eigenvalue weighted by atomic mass is 32.2. The third-order valence-corrected chi connectivity index (χ3v) is 2.58. The molecule has 1 atom stereocenters. The first-order valence-electron chi connectivity index (χ1n) is 4.26. The van der Waals surface area contributed by atoms with Crippen LogP contribution in [0, 0.1) is 0 Å². The topological polar surface area (TPSA) is 55.1 Å². The van der Waals surface area contributed by atoms with E-state index in [0.717, 1.165) is 11.5 Å². The minimum Gasteiger partial charge on any atom is -0.370 e. The van der Waals surface area contributed by atoms with Crippen molar-refractivity contribution in [3.8, 4) is 0 Å². The van der Waals surface area contributed by atoms with Gasteiger partial charge in [-0.3, -0.25) is 4.79 Å². The van der Waals surface area contributed by atoms with Gasteiger partial charge >= 0.3 is 0 Å². The van der Waals surface area contributed by atoms with Crippen molar-refractivity contribution in [2.45, 2.75) is 26.3 Å². The van der Waals surface area contributed by atoms with Crippen LogP contribution in [0.3, 0.4) is 0 Å². The average Bonchev–Trinajstić information content (AvgIpc) is 2.00. The lowest BCUT2D eigenvalue weighted by atomic mass is 10.3. The van der Waals surface area contributed by atoms with Crippen LogP contribution in [-0.2, 0) is 4.79 Å². The normalized spacial score (nSPS) is 12.8. The number of carbonyl (C=O) groups is 1. The summed E-state index contributed by atoms with van der Waals surface area (Å²) in [5.74, 6) is 2.00. The molecule has 1 unspecified atom stereocenters. The largest absolute Gasteiger partial charge is 0.370 e. The molecule has 0 aromatic heterocycles. The number of thioether (sulfide) groups is 1. The Morgan fingerprint density at radius 2 is 2.33 bits per heavy atom. The lowest BCUT2D eigenvalue weighted by Crippen LogP contribution is -2.31. The van der Waals surface area contributed by atoms with Gasteiger partial charge < -0.3 is 11.1 Å². The average molecular weight is 190 g/mol. The molecule has 0 radical (unpaired) electrons. The van der Waals surface area contributed by atoms with E-state index in [1.165, 1.54) is 0 Å². The van der Waals surface area contributed by atoms with Crippen molar-refractivity contribution in [1.29, 1.82) is 0 Å². The number of primary amides is 1. The van der Waals surface area contributed by atoms with Crippen molar-refractivity contribution in [3.63, 3.8) is 0 Å². The van der Waals surface area contributed by atoms with Crippen molar-refractivity contribution >= 4 is 17.7 Å². The van der Waals surface area contributed by atoms with Crippen molar-refractivity contribution in [1.82, 2.24) is 5.32 Å². The number of nitrogens with one attached hydrogen (secondary N) is 1. The van der Waals surface area contributed by atoms with E-state index in [2.05, 4.69) is 19.2 Å². The van der Waals surface area contributed by atoms with E-state index in [1.54, 1.807) is 0 Å². The molecular weight excluding hydrogens is 172 g/mol. The van der Waals surface area contributed by atoms with E-state index < -0.39 is 0 Å². The quantitative estimate of drug-likeness (QED) is 0.618. The molecule has 0 fully saturated rings. The van der Waals surface area contributed by atoms with Crippen LogP contribution in [-0.4, -0.2) is 30.0 Å². The Balaban J connectivity index is 3.19. The Kier molecular flexibility index (Phi) is 7.29. The predicted octanol–water partition coefficient (Wildman–Crippen LogP) is 0.593. The Hall–Kier alpha value is -0.220. The van der Waals surface area contributed by atoms with E-state index in [0.29, 0.717) is 19.0 Å². The van der Waals surface area contributed by atoms with Gasteiger partial charge in [-0.25, -0.2) is 0 Å². The summed E-state index contributed by atoms with van der Waals surface area (Å²) in [5, 5.41) is 3.23. The molecule has 0 aliphatic rings. The molecule has 0 bridgehead atoms. The summed E-state index contributed by atoms with van der Waals surface area (Å²) < 4.78 is 0. The van der Waals surface area contributed by atoms with Gasteiger partial charge in [0, 0.05) is 24.8 Å². The highest BCUT2D eigenvalue weighted by Crippen LogP contribution is 2.00. The standard InChI is InChI=1S/C8H18N2OS/c1-3-12-6-7(2)10-5-4-8(9)11/h7,10H,3-6H2,1-2H3,(H2,9,11). The van der Waals surface area contributed by atoms with E-state index >= 15 is 0 Å². The van der Waals surface area contributed by atoms with Crippen molar-refractivity contribution in [2.24, 2.45) is 5.73 Å². The maximum absolute atomic E-state index is 10.4. The molecule has 1 amide bonds. The van der Waals surface area contributed by atoms with E-state index in [1.807, 2.05) is 11.8 Å². The van der Waals surface area contributed by atoms with Gasteiger partial charge in [0.25, 0.3) is 0 Å². The Morgan fingerprint density at radius 1 is 1.67 bits per heavy atom. The van der Waals surface area contributed by atoms with Gasteiger partial charge in [-0.2, -0.15) is 11.8 Å². The maximum atomic E-state index is 10.4. The first kappa shape index (κ1) is 11.8. The summed E-state index contributed by atoms with van der Waals surface area (Å²) >= 11 is 1.90. The molecule has 0 aliphatic carbocycles. The minimum atomic E-state index is -0.238. The molecule has 3 nitrogen and oxygen atoms in total. The Labute approximate surface area is 78.5 Å². The second kappa shape index (κ2) is 7.43. The van der Waals surface area contributed by atoms with Gasteiger partial charge in [0.15, 0.2) is 0 Å². The zero-order valence-electron chi connectivity index (χ0n) is 7.80. The maximum Gasteiger partial charge on any atom is 0.218 e. The van der Waals surface area contributed by atoms with Gasteiger partial charge in [-0.15, -0.1) is 0 Å². The lowest BCUT2D eigenvalue weighted by molar-refractivity contribution is -0.117. The van der Waals surface area contributed by atoms with Gasteiger partial charge in [-0.05, 0) is 12.7 Å². The second-order valence-corrected chi connectivity index (χ2v) is 4.05. The first-order chi connectivity index (χ1) is 5.66. The summed E-state index contributed by atoms with van der Waals surface area (Å²) in [6.07, 6.45) is 0.432. The molecule has 12 heavy (non-hydrogen) atoms. The number of amides is 1. The van der Waals surface area contributed by atoms with Crippen LogP contribution in [0.25, 0.3) is 0 Å². The molecule has 0 aromatic rings. The van der Waals surface area contributed by atoms with Gasteiger partial charge in [0.2, 0.25) is 5.91 Å². The first-order valence-corrected chi connectivity index (χ1v) is 5.41. The van der Waals surface area contributed by atoms with E-state index in [9.17, 15) is 4.79 Å². The molecule has 0 aliphatic heterocycles. The zero-order chi connectivity index (χ0) is 9.40. The SMILES string of the molecule is CCSCC(C)NCCC(N)=O. The fourth-order valence-electron chi connectivity index (χ4n) is 0.795. The van der Waals surface area contributed by atoms with Crippen LogP contribution < -0.4 is 11.1 Å². The van der Waals surface area contributed by atoms with E-state index in [4.69, 9.17) is 5.73 Å². The molecule has 0 saturated heterocycles. The Bertz CT molecular complexity index is 130. The summed E-state index contributed by atoms with van der Waals surface area (Å²) in [4.78, 5) is 10.4. The molecule has 0 spiro atoms. The fraction of sp³-hybridized carbons (Fsp3) is 0.875. The fourth-order valence-corrected chi connectivity index (χ4v) is 1.50. The van der Waals surface area contributed by atoms with E-state index in [-0.39, 0.29) is 5.91 Å². The number of nitrogens with two attached hydrogens (primary N) is 1. The Morgan fingerprint density at radius 3 is 2.83 bits per heavy atom. The molecule has 0 heterocycles. The van der Waals surface area contributed by atoms with Crippen LogP contribution in [0.5, 0.6) is 0 Å². The molecule has 0 aromatic carbocycles. The van der Waals surface area contributed by atoms with Crippen LogP contribution in [0.4, 0.5) is 0 Å². The van der Waals surface area contributed by atoms with Gasteiger partial charge in [0.1, 0.15) is 0 Å². The smallest absolute Gasteiger partial charge is 0.218 e. The summed E-state index contributed by atoms with van der Waals surface area (Å²) in [6.45, 7) is 4.95. The number of carbonyl (C=O) groups excluding carboxylic acids is 1. The van der Waals surface area contributed by atoms with Crippen molar-refractivity contribution in [3.05, 3.63) is 0 Å². The molecule has 3 N–H and O–H groups in total. The second-order valence-electron chi connectivity index (χ2n) is 2.73. The summed E-state index contributed by atoms with van der Waals surface area (Å²) in [6, 6.07) is 0.467. The third kappa shape index (κ3) is 7.88. The highest BCUT2D eigenvalue weighted by Gasteiger charge is 2.00.